The monoisotopic (exact) mass is 764 g/mol. The van der Waals surface area contributed by atoms with Crippen molar-refractivity contribution in [3.63, 3.8) is 0 Å². The molecule has 0 fully saturated rings. The molecule has 0 spiro atoms. The summed E-state index contributed by atoms with van der Waals surface area (Å²) in [6, 6.07) is 80.7. The molecule has 0 radical (unpaired) electrons. The van der Waals surface area contributed by atoms with E-state index in [0.29, 0.717) is 5.82 Å². The molecule has 60 heavy (non-hydrogen) atoms. The van der Waals surface area contributed by atoms with E-state index in [1.165, 1.54) is 61.0 Å². The van der Waals surface area contributed by atoms with Gasteiger partial charge < -0.3 is 0 Å². The van der Waals surface area contributed by atoms with Gasteiger partial charge in [0.25, 0.3) is 0 Å². The average Bonchev–Trinajstić information content (AvgIpc) is 3.59. The van der Waals surface area contributed by atoms with Crippen LogP contribution in [0.1, 0.15) is 23.6 Å². The topological polar surface area (TPSA) is 25.8 Å². The van der Waals surface area contributed by atoms with Crippen LogP contribution in [0, 0.1) is 0 Å². The third kappa shape index (κ3) is 6.04. The first-order valence-corrected chi connectivity index (χ1v) is 20.6. The van der Waals surface area contributed by atoms with Crippen molar-refractivity contribution in [1.29, 1.82) is 0 Å². The van der Waals surface area contributed by atoms with Gasteiger partial charge in [0.05, 0.1) is 11.4 Å². The minimum Gasteiger partial charge on any atom is -0.228 e. The van der Waals surface area contributed by atoms with Crippen LogP contribution >= 0.6 is 0 Å². The first-order valence-electron chi connectivity index (χ1n) is 20.6. The van der Waals surface area contributed by atoms with Crippen molar-refractivity contribution >= 4 is 10.8 Å². The number of benzene rings is 9. The van der Waals surface area contributed by atoms with Gasteiger partial charge in [-0.2, -0.15) is 0 Å². The summed E-state index contributed by atoms with van der Waals surface area (Å²) in [4.78, 5) is 10.4. The number of hydrogen-bond acceptors (Lipinski definition) is 2. The fourth-order valence-electron chi connectivity index (χ4n) is 9.28. The zero-order valence-electron chi connectivity index (χ0n) is 33.3. The fraction of sp³-hybridized carbons (Fsp3) is 0.0345. The Morgan fingerprint density at radius 3 is 1.42 bits per heavy atom. The Bertz CT molecular complexity index is 3170. The van der Waals surface area contributed by atoms with Gasteiger partial charge in [-0.3, -0.25) is 0 Å². The summed E-state index contributed by atoms with van der Waals surface area (Å²) in [5.41, 5.74) is 18.4. The van der Waals surface area contributed by atoms with Crippen molar-refractivity contribution in [3.05, 3.63) is 241 Å². The second kappa shape index (κ2) is 14.6. The zero-order chi connectivity index (χ0) is 40.0. The van der Waals surface area contributed by atoms with Crippen LogP contribution in [0.5, 0.6) is 0 Å². The summed E-state index contributed by atoms with van der Waals surface area (Å²) < 4.78 is 0. The number of rotatable bonds is 7. The highest BCUT2D eigenvalue weighted by atomic mass is 14.9. The molecule has 10 aromatic rings. The summed E-state index contributed by atoms with van der Waals surface area (Å²) in [6.07, 6.45) is 0. The van der Waals surface area contributed by atoms with Crippen molar-refractivity contribution in [1.82, 2.24) is 9.97 Å². The SMILES string of the molecule is CC1(c2ccccc2)c2ccccc2-c2ccc(-c3ccc(-c4cc(-c5ccc(-c6ccc(-c7ccccc7)cc6)cc5)nc(-c5ccccc5)n4)c4ccccc34)cc21. The maximum absolute atomic E-state index is 5.26. The molecule has 1 aliphatic rings. The molecule has 0 amide bonds. The van der Waals surface area contributed by atoms with Crippen LogP contribution in [0.25, 0.3) is 89.2 Å². The molecule has 282 valence electrons. The molecule has 1 aromatic heterocycles. The number of fused-ring (bicyclic) bond motifs is 4. The molecule has 0 N–H and O–H groups in total. The second-order valence-corrected chi connectivity index (χ2v) is 15.9. The predicted molar refractivity (Wildman–Crippen MR) is 250 cm³/mol. The molecular formula is C58H40N2. The Morgan fingerprint density at radius 1 is 0.300 bits per heavy atom. The molecule has 9 aromatic carbocycles. The van der Waals surface area contributed by atoms with E-state index in [0.717, 1.165) is 39.0 Å². The summed E-state index contributed by atoms with van der Waals surface area (Å²) >= 11 is 0. The van der Waals surface area contributed by atoms with Crippen LogP contribution in [0.2, 0.25) is 0 Å². The molecule has 0 saturated carbocycles. The van der Waals surface area contributed by atoms with Crippen LogP contribution in [-0.2, 0) is 5.41 Å². The van der Waals surface area contributed by atoms with E-state index in [1.807, 2.05) is 18.2 Å². The minimum atomic E-state index is -0.269. The Balaban J connectivity index is 1.000. The van der Waals surface area contributed by atoms with Gasteiger partial charge >= 0.3 is 0 Å². The summed E-state index contributed by atoms with van der Waals surface area (Å²) in [5.74, 6) is 0.704. The first-order chi connectivity index (χ1) is 29.6. The molecule has 0 saturated heterocycles. The van der Waals surface area contributed by atoms with E-state index in [1.54, 1.807) is 0 Å². The van der Waals surface area contributed by atoms with Crippen LogP contribution < -0.4 is 0 Å². The fourth-order valence-corrected chi connectivity index (χ4v) is 9.28. The van der Waals surface area contributed by atoms with Crippen molar-refractivity contribution in [2.45, 2.75) is 12.3 Å². The van der Waals surface area contributed by atoms with E-state index in [4.69, 9.17) is 9.97 Å². The van der Waals surface area contributed by atoms with Crippen LogP contribution in [-0.4, -0.2) is 9.97 Å². The van der Waals surface area contributed by atoms with Crippen LogP contribution in [0.15, 0.2) is 224 Å². The van der Waals surface area contributed by atoms with Gasteiger partial charge in [0, 0.05) is 22.1 Å². The molecule has 1 unspecified atom stereocenters. The van der Waals surface area contributed by atoms with E-state index in [9.17, 15) is 0 Å². The smallest absolute Gasteiger partial charge is 0.160 e. The Kier molecular flexibility index (Phi) is 8.64. The van der Waals surface area contributed by atoms with E-state index in [2.05, 4.69) is 213 Å². The normalized spacial score (nSPS) is 14.2. The van der Waals surface area contributed by atoms with Gasteiger partial charge in [0.2, 0.25) is 0 Å². The van der Waals surface area contributed by atoms with Gasteiger partial charge in [-0.1, -0.05) is 212 Å². The first kappa shape index (κ1) is 35.5. The lowest BCUT2D eigenvalue weighted by Gasteiger charge is -2.28. The molecule has 2 nitrogen and oxygen atoms in total. The molecule has 11 rings (SSSR count). The minimum absolute atomic E-state index is 0.269. The maximum atomic E-state index is 5.26. The van der Waals surface area contributed by atoms with Gasteiger partial charge in [0.1, 0.15) is 0 Å². The van der Waals surface area contributed by atoms with Crippen molar-refractivity contribution < 1.29 is 0 Å². The van der Waals surface area contributed by atoms with Crippen LogP contribution in [0.3, 0.4) is 0 Å². The zero-order valence-corrected chi connectivity index (χ0v) is 33.3. The lowest BCUT2D eigenvalue weighted by molar-refractivity contribution is 0.714. The average molecular weight is 765 g/mol. The molecule has 1 heterocycles. The molecule has 0 bridgehead atoms. The largest absolute Gasteiger partial charge is 0.228 e. The maximum Gasteiger partial charge on any atom is 0.160 e. The standard InChI is InChI=1S/C58H40N2/c1-58(46-19-9-4-10-20-46)53-24-14-13-23-50(53)51-34-33-45(37-54(51)58)47-35-36-52(49-22-12-11-21-48(47)49)56-38-55(59-57(60-56)44-17-7-3-8-18-44)43-31-29-42(30-32-43)41-27-25-40(26-28-41)39-15-5-2-6-16-39/h2-38H,1H3. The van der Waals surface area contributed by atoms with Gasteiger partial charge in [0.15, 0.2) is 5.82 Å². The van der Waals surface area contributed by atoms with Gasteiger partial charge in [-0.15, -0.1) is 0 Å². The molecular weight excluding hydrogens is 725 g/mol. The number of hydrogen-bond donors (Lipinski definition) is 0. The van der Waals surface area contributed by atoms with Gasteiger partial charge in [-0.25, -0.2) is 9.97 Å². The quantitative estimate of drug-likeness (QED) is 0.162. The number of nitrogens with zero attached hydrogens (tertiary/aromatic N) is 2. The van der Waals surface area contributed by atoms with Crippen LogP contribution in [0.4, 0.5) is 0 Å². The van der Waals surface area contributed by atoms with Crippen molar-refractivity contribution in [2.24, 2.45) is 0 Å². The van der Waals surface area contributed by atoms with Gasteiger partial charge in [-0.05, 0) is 91.0 Å². The summed E-state index contributed by atoms with van der Waals surface area (Å²) in [7, 11) is 0. The number of aromatic nitrogens is 2. The predicted octanol–water partition coefficient (Wildman–Crippen LogP) is 15.0. The van der Waals surface area contributed by atoms with E-state index < -0.39 is 0 Å². The van der Waals surface area contributed by atoms with Crippen molar-refractivity contribution in [2.75, 3.05) is 0 Å². The Labute approximate surface area is 351 Å². The van der Waals surface area contributed by atoms with E-state index in [-0.39, 0.29) is 5.41 Å². The summed E-state index contributed by atoms with van der Waals surface area (Å²) in [5, 5.41) is 2.35. The third-order valence-electron chi connectivity index (χ3n) is 12.4. The lowest BCUT2D eigenvalue weighted by Crippen LogP contribution is -2.22. The Morgan fingerprint density at radius 2 is 0.750 bits per heavy atom. The highest BCUT2D eigenvalue weighted by molar-refractivity contribution is 6.05. The van der Waals surface area contributed by atoms with Crippen molar-refractivity contribution in [3.8, 4) is 78.4 Å². The second-order valence-electron chi connectivity index (χ2n) is 15.9. The molecule has 1 aliphatic carbocycles. The lowest BCUT2D eigenvalue weighted by atomic mass is 9.74. The highest BCUT2D eigenvalue weighted by Gasteiger charge is 2.40. The molecule has 2 heteroatoms. The summed E-state index contributed by atoms with van der Waals surface area (Å²) in [6.45, 7) is 2.38. The Hall–Kier alpha value is -7.68. The third-order valence-corrected chi connectivity index (χ3v) is 12.4. The highest BCUT2D eigenvalue weighted by Crippen LogP contribution is 2.53. The van der Waals surface area contributed by atoms with E-state index >= 15 is 0 Å². The molecule has 0 aliphatic heterocycles. The molecule has 1 atom stereocenters.